The fourth-order valence-electron chi connectivity index (χ4n) is 4.20. The third-order valence-electron chi connectivity index (χ3n) is 5.64. The fraction of sp³-hybridized carbons (Fsp3) is 0.333. The number of fused-ring (bicyclic) bond motifs is 4. The Morgan fingerprint density at radius 2 is 2.03 bits per heavy atom. The summed E-state index contributed by atoms with van der Waals surface area (Å²) in [4.78, 5) is 18.9. The van der Waals surface area contributed by atoms with Crippen LogP contribution in [0.3, 0.4) is 0 Å². The minimum absolute atomic E-state index is 0.0428. The molecular formula is C21H17F4N5O3. The molecule has 2 aliphatic rings. The highest BCUT2D eigenvalue weighted by Crippen LogP contribution is 2.36. The number of halogens is 4. The van der Waals surface area contributed by atoms with Crippen molar-refractivity contribution in [3.05, 3.63) is 59.3 Å². The van der Waals surface area contributed by atoms with Crippen LogP contribution >= 0.6 is 0 Å². The molecule has 1 amide bonds. The van der Waals surface area contributed by atoms with Gasteiger partial charge < -0.3 is 18.9 Å². The van der Waals surface area contributed by atoms with E-state index in [1.165, 1.54) is 12.3 Å². The molecule has 2 bridgehead atoms. The summed E-state index contributed by atoms with van der Waals surface area (Å²) in [6, 6.07) is 5.75. The first kappa shape index (κ1) is 21.3. The summed E-state index contributed by atoms with van der Waals surface area (Å²) in [7, 11) is 0. The number of benzene rings is 1. The molecular weight excluding hydrogens is 446 g/mol. The molecule has 0 aliphatic carbocycles. The van der Waals surface area contributed by atoms with Gasteiger partial charge in [0, 0.05) is 18.8 Å². The summed E-state index contributed by atoms with van der Waals surface area (Å²) < 4.78 is 63.8. The van der Waals surface area contributed by atoms with E-state index in [9.17, 15) is 22.4 Å². The highest BCUT2D eigenvalue weighted by atomic mass is 19.4. The van der Waals surface area contributed by atoms with E-state index in [-0.39, 0.29) is 36.8 Å². The lowest BCUT2D eigenvalue weighted by atomic mass is 10.0. The van der Waals surface area contributed by atoms with E-state index >= 15 is 0 Å². The number of morpholine rings is 1. The zero-order valence-corrected chi connectivity index (χ0v) is 17.2. The number of aryl methyl sites for hydroxylation is 1. The van der Waals surface area contributed by atoms with Gasteiger partial charge in [0.25, 0.3) is 5.91 Å². The Morgan fingerprint density at radius 3 is 2.82 bits per heavy atom. The molecule has 33 heavy (non-hydrogen) atoms. The number of rotatable bonds is 3. The number of carbonyl (C=O) groups excluding carboxylic acids is 1. The van der Waals surface area contributed by atoms with E-state index in [0.29, 0.717) is 11.4 Å². The summed E-state index contributed by atoms with van der Waals surface area (Å²) in [5, 5.41) is 8.28. The molecule has 0 N–H and O–H groups in total. The average Bonchev–Trinajstić information content (AvgIpc) is 3.17. The summed E-state index contributed by atoms with van der Waals surface area (Å²) in [5.74, 6) is -0.880. The van der Waals surface area contributed by atoms with Crippen LogP contribution in [-0.2, 0) is 11.3 Å². The first-order valence-electron chi connectivity index (χ1n) is 10.0. The van der Waals surface area contributed by atoms with Crippen molar-refractivity contribution in [2.75, 3.05) is 13.2 Å². The summed E-state index contributed by atoms with van der Waals surface area (Å²) >= 11 is 0. The highest BCUT2D eigenvalue weighted by molar-refractivity contribution is 5.95. The van der Waals surface area contributed by atoms with E-state index in [0.717, 1.165) is 12.1 Å². The van der Waals surface area contributed by atoms with Crippen molar-refractivity contribution in [3.8, 4) is 17.3 Å². The molecule has 12 heteroatoms. The molecule has 2 aromatic heterocycles. The molecule has 1 saturated heterocycles. The third kappa shape index (κ3) is 3.80. The van der Waals surface area contributed by atoms with Gasteiger partial charge in [-0.3, -0.25) is 9.78 Å². The van der Waals surface area contributed by atoms with E-state index in [1.807, 2.05) is 0 Å². The Morgan fingerprint density at radius 1 is 1.21 bits per heavy atom. The summed E-state index contributed by atoms with van der Waals surface area (Å²) in [6.07, 6.45) is -3.66. The van der Waals surface area contributed by atoms with Gasteiger partial charge in [-0.2, -0.15) is 0 Å². The number of alkyl halides is 3. The number of hydrogen-bond acceptors (Lipinski definition) is 6. The van der Waals surface area contributed by atoms with Crippen LogP contribution in [0.2, 0.25) is 0 Å². The normalized spacial score (nSPS) is 19.8. The lowest BCUT2D eigenvalue weighted by molar-refractivity contribution is -0.274. The molecule has 2 aliphatic heterocycles. The first-order valence-corrected chi connectivity index (χ1v) is 10.0. The van der Waals surface area contributed by atoms with Crippen LogP contribution < -0.4 is 4.74 Å². The largest absolute Gasteiger partial charge is 0.573 e. The van der Waals surface area contributed by atoms with E-state index in [4.69, 9.17) is 4.74 Å². The Balaban J connectivity index is 1.51. The molecule has 2 atom stereocenters. The van der Waals surface area contributed by atoms with Gasteiger partial charge in [0.15, 0.2) is 11.6 Å². The number of pyridine rings is 1. The van der Waals surface area contributed by atoms with Crippen molar-refractivity contribution < 1.29 is 31.8 Å². The monoisotopic (exact) mass is 463 g/mol. The Kier molecular flexibility index (Phi) is 5.04. The summed E-state index contributed by atoms with van der Waals surface area (Å²) in [6.45, 7) is 2.12. The maximum atomic E-state index is 14.6. The number of ether oxygens (including phenoxy) is 2. The molecule has 3 aromatic rings. The van der Waals surface area contributed by atoms with E-state index < -0.39 is 35.9 Å². The van der Waals surface area contributed by atoms with Crippen LogP contribution in [0.15, 0.2) is 36.5 Å². The molecule has 172 valence electrons. The zero-order valence-electron chi connectivity index (χ0n) is 17.2. The molecule has 0 radical (unpaired) electrons. The van der Waals surface area contributed by atoms with Crippen molar-refractivity contribution >= 4 is 5.91 Å². The van der Waals surface area contributed by atoms with Crippen LogP contribution in [0, 0.1) is 12.7 Å². The fourth-order valence-corrected chi connectivity index (χ4v) is 4.20. The topological polar surface area (TPSA) is 82.4 Å². The Bertz CT molecular complexity index is 1230. The molecule has 4 heterocycles. The average molecular weight is 463 g/mol. The summed E-state index contributed by atoms with van der Waals surface area (Å²) in [5.41, 5.74) is 0.453. The molecule has 1 fully saturated rings. The maximum Gasteiger partial charge on any atom is 0.573 e. The quantitative estimate of drug-likeness (QED) is 0.555. The van der Waals surface area contributed by atoms with Gasteiger partial charge >= 0.3 is 6.36 Å². The van der Waals surface area contributed by atoms with E-state index in [1.54, 1.807) is 28.5 Å². The van der Waals surface area contributed by atoms with Gasteiger partial charge in [0.1, 0.15) is 23.3 Å². The van der Waals surface area contributed by atoms with Gasteiger partial charge in [-0.05, 0) is 24.6 Å². The van der Waals surface area contributed by atoms with Crippen molar-refractivity contribution in [1.82, 2.24) is 24.6 Å². The smallest absolute Gasteiger partial charge is 0.406 e. The van der Waals surface area contributed by atoms with Crippen LogP contribution in [-0.4, -0.2) is 56.2 Å². The minimum Gasteiger partial charge on any atom is -0.406 e. The maximum absolute atomic E-state index is 14.6. The lowest BCUT2D eigenvalue weighted by Crippen LogP contribution is -2.56. The second kappa shape index (κ2) is 7.80. The van der Waals surface area contributed by atoms with E-state index in [2.05, 4.69) is 19.9 Å². The number of aromatic nitrogens is 4. The van der Waals surface area contributed by atoms with Crippen molar-refractivity contribution in [3.63, 3.8) is 0 Å². The molecule has 1 aromatic carbocycles. The number of hydrogen-bond donors (Lipinski definition) is 0. The molecule has 0 saturated carbocycles. The molecule has 0 unspecified atom stereocenters. The molecule has 5 rings (SSSR count). The van der Waals surface area contributed by atoms with Crippen LogP contribution in [0.4, 0.5) is 17.6 Å². The van der Waals surface area contributed by atoms with Crippen LogP contribution in [0.25, 0.3) is 11.5 Å². The highest BCUT2D eigenvalue weighted by Gasteiger charge is 2.44. The van der Waals surface area contributed by atoms with Crippen LogP contribution in [0.5, 0.6) is 5.75 Å². The van der Waals surface area contributed by atoms with Crippen molar-refractivity contribution in [1.29, 1.82) is 0 Å². The second-order valence-corrected chi connectivity index (χ2v) is 7.77. The Labute approximate surface area is 184 Å². The number of carbonyl (C=O) groups is 1. The number of nitrogens with zero attached hydrogens (tertiary/aromatic N) is 5. The second-order valence-electron chi connectivity index (χ2n) is 7.77. The SMILES string of the molecule is Cc1cccc(C(=O)N2[C@H]3COC[C@@H]2c2nnc(-c4cc(OC(F)(F)F)ccn4)n2C3)c1F. The minimum atomic E-state index is -4.84. The van der Waals surface area contributed by atoms with Gasteiger partial charge in [0.05, 0.1) is 24.8 Å². The van der Waals surface area contributed by atoms with Gasteiger partial charge in [-0.25, -0.2) is 4.39 Å². The predicted octanol–water partition coefficient (Wildman–Crippen LogP) is 3.28. The predicted molar refractivity (Wildman–Crippen MR) is 105 cm³/mol. The van der Waals surface area contributed by atoms with Gasteiger partial charge in [-0.15, -0.1) is 23.4 Å². The number of amides is 1. The van der Waals surface area contributed by atoms with Gasteiger partial charge in [-0.1, -0.05) is 12.1 Å². The lowest BCUT2D eigenvalue weighted by Gasteiger charge is -2.45. The standard InChI is InChI=1S/C21H17F4N5O3/c1-11-3-2-4-14(17(11)22)20(31)30-12-8-29-18(27-28-19(29)16(30)10-32-9-12)15-7-13(5-6-26-15)33-21(23,24)25/h2-7,12,16H,8-10H2,1H3/t12-,16-/m1/s1. The molecule has 0 spiro atoms. The van der Waals surface area contributed by atoms with Crippen molar-refractivity contribution in [2.24, 2.45) is 0 Å². The Hall–Kier alpha value is -3.54. The van der Waals surface area contributed by atoms with Crippen molar-refractivity contribution in [2.45, 2.75) is 31.9 Å². The third-order valence-corrected chi connectivity index (χ3v) is 5.64. The first-order chi connectivity index (χ1) is 15.7. The van der Waals surface area contributed by atoms with Gasteiger partial charge in [0.2, 0.25) is 0 Å². The molecule has 8 nitrogen and oxygen atoms in total. The zero-order chi connectivity index (χ0) is 23.3. The van der Waals surface area contributed by atoms with Crippen LogP contribution in [0.1, 0.15) is 27.8 Å².